The normalized spacial score (nSPS) is 30.4. The van der Waals surface area contributed by atoms with Crippen LogP contribution >= 0.6 is 0 Å². The molecule has 0 aromatic heterocycles. The zero-order chi connectivity index (χ0) is 20.3. The van der Waals surface area contributed by atoms with Gasteiger partial charge in [0.15, 0.2) is 0 Å². The molecule has 2 heterocycles. The highest BCUT2D eigenvalue weighted by Gasteiger charge is 2.68. The van der Waals surface area contributed by atoms with Crippen molar-refractivity contribution >= 4 is 6.09 Å². The van der Waals surface area contributed by atoms with Crippen LogP contribution in [0.3, 0.4) is 0 Å². The quantitative estimate of drug-likeness (QED) is 0.839. The Hall–Kier alpha value is -2.51. The summed E-state index contributed by atoms with van der Waals surface area (Å²) in [7, 11) is 1.21. The van der Waals surface area contributed by atoms with Crippen LogP contribution in [0.1, 0.15) is 17.0 Å². The van der Waals surface area contributed by atoms with E-state index in [2.05, 4.69) is 0 Å². The van der Waals surface area contributed by atoms with Crippen LogP contribution in [0, 0.1) is 5.41 Å². The molecule has 7 heteroatoms. The largest absolute Gasteiger partial charge is 0.453 e. The third-order valence-electron chi connectivity index (χ3n) is 6.67. The molecule has 2 saturated heterocycles. The number of methoxy groups -OCH3 is 1. The Bertz CT molecular complexity index is 922. The van der Waals surface area contributed by atoms with Crippen molar-refractivity contribution in [2.24, 2.45) is 5.41 Å². The van der Waals surface area contributed by atoms with E-state index in [1.165, 1.54) is 12.0 Å². The Morgan fingerprint density at radius 3 is 2.31 bits per heavy atom. The van der Waals surface area contributed by atoms with E-state index in [1.54, 1.807) is 0 Å². The van der Waals surface area contributed by atoms with Gasteiger partial charge in [0.05, 0.1) is 31.3 Å². The molecule has 0 spiro atoms. The second-order valence-electron chi connectivity index (χ2n) is 7.93. The van der Waals surface area contributed by atoms with Crippen molar-refractivity contribution in [3.8, 4) is 11.1 Å². The summed E-state index contributed by atoms with van der Waals surface area (Å²) in [6.07, 6.45) is -5.54. The first-order valence-corrected chi connectivity index (χ1v) is 9.61. The molecule has 0 radical (unpaired) electrons. The van der Waals surface area contributed by atoms with Gasteiger partial charge in [-0.05, 0) is 22.3 Å². The van der Waals surface area contributed by atoms with Crippen LogP contribution < -0.4 is 0 Å². The zero-order valence-corrected chi connectivity index (χ0v) is 15.8. The molecule has 3 aliphatic rings. The first-order valence-electron chi connectivity index (χ1n) is 9.61. The smallest absolute Gasteiger partial charge is 0.409 e. The number of benzene rings is 2. The summed E-state index contributed by atoms with van der Waals surface area (Å²) >= 11 is 0. The van der Waals surface area contributed by atoms with Gasteiger partial charge in [-0.2, -0.15) is 0 Å². The molecule has 152 valence electrons. The second-order valence-corrected chi connectivity index (χ2v) is 7.93. The number of carbonyl (C=O) groups excluding carboxylic acids is 1. The number of rotatable bonds is 2. The number of halogens is 2. The Kier molecular flexibility index (Phi) is 4.15. The molecule has 5 rings (SSSR count). The van der Waals surface area contributed by atoms with Crippen molar-refractivity contribution in [2.45, 2.75) is 30.6 Å². The molecule has 29 heavy (non-hydrogen) atoms. The van der Waals surface area contributed by atoms with Crippen LogP contribution in [0.15, 0.2) is 48.5 Å². The van der Waals surface area contributed by atoms with E-state index in [-0.39, 0.29) is 13.2 Å². The standard InChI is InChI=1S/C22H21F2NO4/c1-28-21(27)25-11-22(20(23)24,19-18(25)16(26)10-29-19)17-14-8-4-2-6-12(14)13-7-3-5-9-15(13)17/h2-9,16-20,26H,10-11H2,1H3/t16-,18+,19-,22-/m0/s1. The van der Waals surface area contributed by atoms with Gasteiger partial charge >= 0.3 is 6.09 Å². The van der Waals surface area contributed by atoms with E-state index in [4.69, 9.17) is 9.47 Å². The molecule has 2 aromatic rings. The minimum Gasteiger partial charge on any atom is -0.453 e. The van der Waals surface area contributed by atoms with Gasteiger partial charge in [-0.25, -0.2) is 13.6 Å². The molecule has 2 aliphatic heterocycles. The third kappa shape index (κ3) is 2.34. The summed E-state index contributed by atoms with van der Waals surface area (Å²) in [5, 5.41) is 10.4. The molecule has 4 atom stereocenters. The van der Waals surface area contributed by atoms with Gasteiger partial charge in [0.1, 0.15) is 6.10 Å². The first kappa shape index (κ1) is 18.5. The van der Waals surface area contributed by atoms with Crippen molar-refractivity contribution in [2.75, 3.05) is 20.3 Å². The number of hydrogen-bond donors (Lipinski definition) is 1. The van der Waals surface area contributed by atoms with Crippen molar-refractivity contribution in [1.82, 2.24) is 4.90 Å². The lowest BCUT2D eigenvalue weighted by atomic mass is 9.67. The molecular weight excluding hydrogens is 380 g/mol. The number of aliphatic hydroxyl groups excluding tert-OH is 1. The lowest BCUT2D eigenvalue weighted by molar-refractivity contribution is -0.0884. The van der Waals surface area contributed by atoms with Crippen molar-refractivity contribution in [3.63, 3.8) is 0 Å². The maximum Gasteiger partial charge on any atom is 0.409 e. The lowest BCUT2D eigenvalue weighted by Crippen LogP contribution is -2.47. The van der Waals surface area contributed by atoms with Crippen molar-refractivity contribution in [1.29, 1.82) is 0 Å². The van der Waals surface area contributed by atoms with Crippen LogP contribution in [0.25, 0.3) is 11.1 Å². The number of nitrogens with zero attached hydrogens (tertiary/aromatic N) is 1. The highest BCUT2D eigenvalue weighted by molar-refractivity contribution is 5.80. The molecule has 1 N–H and O–H groups in total. The molecule has 0 saturated carbocycles. The van der Waals surface area contributed by atoms with E-state index < -0.39 is 42.1 Å². The Labute approximate surface area is 166 Å². The summed E-state index contributed by atoms with van der Waals surface area (Å²) in [4.78, 5) is 13.6. The highest BCUT2D eigenvalue weighted by atomic mass is 19.3. The van der Waals surface area contributed by atoms with Gasteiger partial charge in [-0.15, -0.1) is 0 Å². The van der Waals surface area contributed by atoms with Gasteiger partial charge in [0.2, 0.25) is 6.43 Å². The van der Waals surface area contributed by atoms with Gasteiger partial charge in [-0.1, -0.05) is 48.5 Å². The monoisotopic (exact) mass is 401 g/mol. The Morgan fingerprint density at radius 1 is 1.17 bits per heavy atom. The third-order valence-corrected chi connectivity index (χ3v) is 6.67. The van der Waals surface area contributed by atoms with E-state index in [0.29, 0.717) is 0 Å². The van der Waals surface area contributed by atoms with Gasteiger partial charge < -0.3 is 14.6 Å². The molecule has 2 fully saturated rings. The number of fused-ring (bicyclic) bond motifs is 4. The van der Waals surface area contributed by atoms with Crippen LogP contribution in [-0.4, -0.2) is 61.0 Å². The van der Waals surface area contributed by atoms with Gasteiger partial charge in [-0.3, -0.25) is 4.90 Å². The fraction of sp³-hybridized carbons (Fsp3) is 0.409. The molecular formula is C22H21F2NO4. The number of alkyl halides is 2. The SMILES string of the molecule is COC(=O)N1C[C@](C(F)F)(C2c3ccccc3-c3ccccc32)[C@H]2OC[C@H](O)[C@H]21. The maximum absolute atomic E-state index is 15.0. The molecule has 5 nitrogen and oxygen atoms in total. The maximum atomic E-state index is 15.0. The number of hydrogen-bond acceptors (Lipinski definition) is 4. The Balaban J connectivity index is 1.73. The van der Waals surface area contributed by atoms with Gasteiger partial charge in [0, 0.05) is 12.5 Å². The number of ether oxygens (including phenoxy) is 2. The number of amides is 1. The molecule has 1 aliphatic carbocycles. The minimum atomic E-state index is -2.78. The second kappa shape index (κ2) is 6.50. The van der Waals surface area contributed by atoms with E-state index in [0.717, 1.165) is 22.3 Å². The first-order chi connectivity index (χ1) is 14.0. The Morgan fingerprint density at radius 2 is 1.76 bits per heavy atom. The fourth-order valence-corrected chi connectivity index (χ4v) is 5.55. The molecule has 2 aromatic carbocycles. The van der Waals surface area contributed by atoms with Crippen LogP contribution in [0.4, 0.5) is 13.6 Å². The highest BCUT2D eigenvalue weighted by Crippen LogP contribution is 2.61. The van der Waals surface area contributed by atoms with Crippen molar-refractivity contribution in [3.05, 3.63) is 59.7 Å². The summed E-state index contributed by atoms with van der Waals surface area (Å²) in [6.45, 7) is -0.343. The van der Waals surface area contributed by atoms with Crippen LogP contribution in [-0.2, 0) is 9.47 Å². The van der Waals surface area contributed by atoms with Crippen molar-refractivity contribution < 1.29 is 28.2 Å². The number of aliphatic hydroxyl groups is 1. The topological polar surface area (TPSA) is 59.0 Å². The predicted molar refractivity (Wildman–Crippen MR) is 101 cm³/mol. The average molecular weight is 401 g/mol. The van der Waals surface area contributed by atoms with Gasteiger partial charge in [0.25, 0.3) is 0 Å². The predicted octanol–water partition coefficient (Wildman–Crippen LogP) is 3.26. The summed E-state index contributed by atoms with van der Waals surface area (Å²) < 4.78 is 40.6. The van der Waals surface area contributed by atoms with E-state index in [9.17, 15) is 9.90 Å². The zero-order valence-electron chi connectivity index (χ0n) is 15.8. The molecule has 0 unspecified atom stereocenters. The summed E-state index contributed by atoms with van der Waals surface area (Å²) in [5.41, 5.74) is 1.73. The lowest BCUT2D eigenvalue weighted by Gasteiger charge is -2.39. The average Bonchev–Trinajstić information content (AvgIpc) is 3.38. The molecule has 0 bridgehead atoms. The van der Waals surface area contributed by atoms with Crippen LogP contribution in [0.2, 0.25) is 0 Å². The van der Waals surface area contributed by atoms with E-state index >= 15 is 8.78 Å². The molecule has 1 amide bonds. The van der Waals surface area contributed by atoms with E-state index in [1.807, 2.05) is 48.5 Å². The fourth-order valence-electron chi connectivity index (χ4n) is 5.55. The number of carbonyl (C=O) groups is 1. The summed E-state index contributed by atoms with van der Waals surface area (Å²) in [6, 6.07) is 14.2. The minimum absolute atomic E-state index is 0.0900. The van der Waals surface area contributed by atoms with Crippen LogP contribution in [0.5, 0.6) is 0 Å². The number of likely N-dealkylation sites (tertiary alicyclic amines) is 1. The summed E-state index contributed by atoms with van der Waals surface area (Å²) in [5.74, 6) is -0.664.